The number of nitrogens with zero attached hydrogens (tertiary/aromatic N) is 1. The van der Waals surface area contributed by atoms with Gasteiger partial charge in [0.15, 0.2) is 0 Å². The number of hydrogen-bond acceptors (Lipinski definition) is 3. The number of ether oxygens (including phenoxy) is 1. The number of morpholine rings is 1. The Bertz CT molecular complexity index is 766. The highest BCUT2D eigenvalue weighted by Crippen LogP contribution is 2.49. The van der Waals surface area contributed by atoms with E-state index in [1.54, 1.807) is 0 Å². The van der Waals surface area contributed by atoms with Gasteiger partial charge in [-0.3, -0.25) is 4.79 Å². The van der Waals surface area contributed by atoms with Crippen molar-refractivity contribution in [2.45, 2.75) is 18.3 Å². The smallest absolute Gasteiger partial charge is 0.235 e. The predicted octanol–water partition coefficient (Wildman–Crippen LogP) is 3.85. The number of amides is 1. The maximum Gasteiger partial charge on any atom is 0.235 e. The highest BCUT2D eigenvalue weighted by Gasteiger charge is 2.51. The fourth-order valence-corrected chi connectivity index (χ4v) is 3.57. The highest BCUT2D eigenvalue weighted by molar-refractivity contribution is 6.30. The Morgan fingerprint density at radius 2 is 1.72 bits per heavy atom. The van der Waals surface area contributed by atoms with E-state index in [9.17, 15) is 4.79 Å². The molecule has 0 aromatic heterocycles. The first-order chi connectivity index (χ1) is 12.2. The molecule has 0 radical (unpaired) electrons. The number of benzene rings is 2. The molecule has 0 unspecified atom stereocenters. The largest absolute Gasteiger partial charge is 0.378 e. The van der Waals surface area contributed by atoms with Gasteiger partial charge in [0.2, 0.25) is 5.91 Å². The van der Waals surface area contributed by atoms with E-state index in [1.807, 2.05) is 42.5 Å². The van der Waals surface area contributed by atoms with Gasteiger partial charge in [0.05, 0.1) is 30.0 Å². The van der Waals surface area contributed by atoms with E-state index in [0.29, 0.717) is 5.02 Å². The molecule has 130 valence electrons. The van der Waals surface area contributed by atoms with Crippen molar-refractivity contribution in [3.05, 3.63) is 59.1 Å². The number of carbonyl (C=O) groups is 1. The van der Waals surface area contributed by atoms with Crippen molar-refractivity contribution in [3.8, 4) is 0 Å². The van der Waals surface area contributed by atoms with Crippen molar-refractivity contribution >= 4 is 28.9 Å². The molecular formula is C20H21ClN2O2. The summed E-state index contributed by atoms with van der Waals surface area (Å²) in [7, 11) is 0. The lowest BCUT2D eigenvalue weighted by Crippen LogP contribution is -2.37. The molecule has 0 spiro atoms. The Morgan fingerprint density at radius 3 is 2.40 bits per heavy atom. The second-order valence-corrected chi connectivity index (χ2v) is 7.10. The Balaban J connectivity index is 1.56. The Morgan fingerprint density at radius 1 is 1.04 bits per heavy atom. The van der Waals surface area contributed by atoms with E-state index in [2.05, 4.69) is 16.3 Å². The Kier molecular flexibility index (Phi) is 4.40. The van der Waals surface area contributed by atoms with E-state index >= 15 is 0 Å². The second-order valence-electron chi connectivity index (χ2n) is 6.66. The first-order valence-electron chi connectivity index (χ1n) is 8.68. The molecule has 1 aliphatic carbocycles. The minimum Gasteiger partial charge on any atom is -0.378 e. The van der Waals surface area contributed by atoms with Crippen LogP contribution in [0.15, 0.2) is 48.5 Å². The highest BCUT2D eigenvalue weighted by atomic mass is 35.5. The number of hydrogen-bond donors (Lipinski definition) is 1. The summed E-state index contributed by atoms with van der Waals surface area (Å²) in [4.78, 5) is 15.3. The number of carbonyl (C=O) groups excluding carboxylic acids is 1. The molecule has 1 N–H and O–H groups in total. The normalized spacial score (nSPS) is 18.7. The maximum absolute atomic E-state index is 13.0. The third kappa shape index (κ3) is 3.24. The van der Waals surface area contributed by atoms with Gasteiger partial charge in [0.1, 0.15) is 0 Å². The molecule has 1 amide bonds. The third-order valence-electron chi connectivity index (χ3n) is 5.09. The molecule has 0 bridgehead atoms. The van der Waals surface area contributed by atoms with Crippen LogP contribution in [0.1, 0.15) is 18.4 Å². The van der Waals surface area contributed by atoms with Crippen LogP contribution in [0.2, 0.25) is 5.02 Å². The molecular weight excluding hydrogens is 336 g/mol. The summed E-state index contributed by atoms with van der Waals surface area (Å²) in [6, 6.07) is 15.6. The van der Waals surface area contributed by atoms with Crippen molar-refractivity contribution in [3.63, 3.8) is 0 Å². The van der Waals surface area contributed by atoms with Crippen LogP contribution in [-0.4, -0.2) is 32.2 Å². The number of nitrogens with one attached hydrogen (secondary N) is 1. The van der Waals surface area contributed by atoms with Crippen LogP contribution in [0, 0.1) is 0 Å². The summed E-state index contributed by atoms with van der Waals surface area (Å²) < 4.78 is 5.43. The average molecular weight is 357 g/mol. The van der Waals surface area contributed by atoms with Crippen molar-refractivity contribution in [1.82, 2.24) is 0 Å². The molecule has 2 fully saturated rings. The number of para-hydroxylation sites is 2. The summed E-state index contributed by atoms with van der Waals surface area (Å²) in [6.07, 6.45) is 1.75. The lowest BCUT2D eigenvalue weighted by Gasteiger charge is -2.31. The van der Waals surface area contributed by atoms with Gasteiger partial charge in [-0.05, 0) is 42.7 Å². The fourth-order valence-electron chi connectivity index (χ4n) is 3.44. The van der Waals surface area contributed by atoms with Crippen LogP contribution in [0.5, 0.6) is 0 Å². The zero-order valence-electron chi connectivity index (χ0n) is 14.0. The van der Waals surface area contributed by atoms with E-state index in [-0.39, 0.29) is 5.91 Å². The Labute approximate surface area is 152 Å². The van der Waals surface area contributed by atoms with E-state index in [4.69, 9.17) is 16.3 Å². The molecule has 5 heteroatoms. The van der Waals surface area contributed by atoms with Crippen molar-refractivity contribution in [2.75, 3.05) is 36.5 Å². The second kappa shape index (κ2) is 6.70. The minimum atomic E-state index is -0.414. The lowest BCUT2D eigenvalue weighted by molar-refractivity contribution is -0.118. The molecule has 0 atom stereocenters. The number of anilines is 2. The molecule has 1 aliphatic heterocycles. The average Bonchev–Trinajstić information content (AvgIpc) is 3.45. The zero-order valence-corrected chi connectivity index (χ0v) is 14.8. The van der Waals surface area contributed by atoms with E-state index in [0.717, 1.165) is 56.1 Å². The minimum absolute atomic E-state index is 0.0653. The molecule has 2 aromatic rings. The van der Waals surface area contributed by atoms with Gasteiger partial charge in [-0.2, -0.15) is 0 Å². The van der Waals surface area contributed by atoms with Crippen LogP contribution in [0.4, 0.5) is 11.4 Å². The van der Waals surface area contributed by atoms with Gasteiger partial charge < -0.3 is 15.0 Å². The van der Waals surface area contributed by atoms with Gasteiger partial charge in [0, 0.05) is 18.1 Å². The molecule has 2 aromatic carbocycles. The van der Waals surface area contributed by atoms with Crippen LogP contribution in [0.3, 0.4) is 0 Å². The van der Waals surface area contributed by atoms with Crippen LogP contribution in [0.25, 0.3) is 0 Å². The maximum atomic E-state index is 13.0. The first-order valence-corrected chi connectivity index (χ1v) is 9.06. The first kappa shape index (κ1) is 16.4. The monoisotopic (exact) mass is 356 g/mol. The summed E-state index contributed by atoms with van der Waals surface area (Å²) in [5, 5.41) is 3.86. The summed E-state index contributed by atoms with van der Waals surface area (Å²) in [6.45, 7) is 3.12. The molecule has 1 saturated heterocycles. The van der Waals surface area contributed by atoms with Gasteiger partial charge in [0.25, 0.3) is 0 Å². The van der Waals surface area contributed by atoms with E-state index in [1.165, 1.54) is 0 Å². The lowest BCUT2D eigenvalue weighted by atomic mass is 9.95. The van der Waals surface area contributed by atoms with Crippen LogP contribution >= 0.6 is 11.6 Å². The SMILES string of the molecule is O=C(Nc1ccccc1N1CCOCC1)C1(c2ccc(Cl)cc2)CC1. The number of halogens is 1. The summed E-state index contributed by atoms with van der Waals surface area (Å²) in [5.41, 5.74) is 2.56. The van der Waals surface area contributed by atoms with Crippen molar-refractivity contribution < 1.29 is 9.53 Å². The van der Waals surface area contributed by atoms with Gasteiger partial charge in [-0.15, -0.1) is 0 Å². The van der Waals surface area contributed by atoms with Gasteiger partial charge in [-0.1, -0.05) is 35.9 Å². The third-order valence-corrected chi connectivity index (χ3v) is 5.34. The van der Waals surface area contributed by atoms with Crippen LogP contribution in [-0.2, 0) is 14.9 Å². The summed E-state index contributed by atoms with van der Waals surface area (Å²) in [5.74, 6) is 0.0653. The molecule has 4 rings (SSSR count). The molecule has 25 heavy (non-hydrogen) atoms. The Hall–Kier alpha value is -2.04. The molecule has 1 saturated carbocycles. The van der Waals surface area contributed by atoms with Crippen molar-refractivity contribution in [2.24, 2.45) is 0 Å². The van der Waals surface area contributed by atoms with Gasteiger partial charge in [-0.25, -0.2) is 0 Å². The predicted molar refractivity (Wildman–Crippen MR) is 100 cm³/mol. The van der Waals surface area contributed by atoms with E-state index < -0.39 is 5.41 Å². The van der Waals surface area contributed by atoms with Crippen molar-refractivity contribution in [1.29, 1.82) is 0 Å². The number of rotatable bonds is 4. The van der Waals surface area contributed by atoms with Crippen LogP contribution < -0.4 is 10.2 Å². The fraction of sp³-hybridized carbons (Fsp3) is 0.350. The quantitative estimate of drug-likeness (QED) is 0.904. The van der Waals surface area contributed by atoms with Gasteiger partial charge >= 0.3 is 0 Å². The topological polar surface area (TPSA) is 41.6 Å². The summed E-state index contributed by atoms with van der Waals surface area (Å²) >= 11 is 5.98. The zero-order chi connectivity index (χ0) is 17.3. The molecule has 2 aliphatic rings. The molecule has 1 heterocycles. The molecule has 4 nitrogen and oxygen atoms in total. The standard InChI is InChI=1S/C20H21ClN2O2/c21-16-7-5-15(6-8-16)20(9-10-20)19(24)22-17-3-1-2-4-18(17)23-11-13-25-14-12-23/h1-8H,9-14H2,(H,22,24).